The maximum absolute atomic E-state index is 14.5. The minimum atomic E-state index is -0.640. The summed E-state index contributed by atoms with van der Waals surface area (Å²) in [5, 5.41) is 13.4. The van der Waals surface area contributed by atoms with Gasteiger partial charge >= 0.3 is 206 Å². The van der Waals surface area contributed by atoms with Crippen molar-refractivity contribution in [2.24, 2.45) is 5.41 Å². The first-order valence-corrected chi connectivity index (χ1v) is 13.9. The van der Waals surface area contributed by atoms with Gasteiger partial charge in [0.15, 0.2) is 0 Å². The van der Waals surface area contributed by atoms with Gasteiger partial charge in [-0.15, -0.1) is 0 Å². The van der Waals surface area contributed by atoms with E-state index in [9.17, 15) is 8.78 Å². The third kappa shape index (κ3) is 2.90. The maximum atomic E-state index is 14.5. The fourth-order valence-electron chi connectivity index (χ4n) is 5.32. The number of hydrogen-bond donors (Lipinski definition) is 0. The summed E-state index contributed by atoms with van der Waals surface area (Å²) in [7, 11) is 0. The second kappa shape index (κ2) is 7.56. The van der Waals surface area contributed by atoms with Gasteiger partial charge in [-0.3, -0.25) is 0 Å². The molecule has 1 saturated heterocycles. The van der Waals surface area contributed by atoms with E-state index in [1.807, 2.05) is 19.2 Å². The second-order valence-corrected chi connectivity index (χ2v) is 12.0. The predicted molar refractivity (Wildman–Crippen MR) is 116 cm³/mol. The van der Waals surface area contributed by atoms with Gasteiger partial charge in [0.1, 0.15) is 0 Å². The minimum absolute atomic E-state index is 0.135. The number of fused-ring (bicyclic) bond motifs is 5. The van der Waals surface area contributed by atoms with Crippen LogP contribution in [-0.4, -0.2) is 43.8 Å². The zero-order valence-corrected chi connectivity index (χ0v) is 21.0. The van der Waals surface area contributed by atoms with E-state index in [1.54, 1.807) is 17.2 Å². The van der Waals surface area contributed by atoms with Crippen molar-refractivity contribution in [2.45, 2.75) is 32.1 Å². The molecule has 4 aromatic rings. The molecule has 2 bridgehead atoms. The zero-order chi connectivity index (χ0) is 23.7. The zero-order valence-electron chi connectivity index (χ0n) is 18.8. The fraction of sp³-hybridized carbons (Fsp3) is 0.333. The van der Waals surface area contributed by atoms with Crippen molar-refractivity contribution >= 4 is 0 Å². The Kier molecular flexibility index (Phi) is 4.81. The van der Waals surface area contributed by atoms with Crippen LogP contribution in [0.25, 0.3) is 17.1 Å². The molecule has 0 spiro atoms. The van der Waals surface area contributed by atoms with Crippen LogP contribution in [0.1, 0.15) is 42.5 Å². The van der Waals surface area contributed by atoms with Gasteiger partial charge in [-0.2, -0.15) is 0 Å². The standard InChI is InChI=1S/C24H21F2IN7/c1-13-29-12-34(33-13)20-10-28-9-19(30-20)24-11-27-8-15(23(24,2)3)14-7-18(31-32-22(14)24)21-16(25)5-4-6-17(21)26/h4-7,9-10,12,15H,8,11H2,1-3H3/q-1/t15-,24-/m1/s1. The molecule has 2 aliphatic rings. The van der Waals surface area contributed by atoms with E-state index in [-0.39, 0.29) is 43.8 Å². The van der Waals surface area contributed by atoms with Crippen LogP contribution in [0, 0.1) is 24.0 Å². The molecule has 34 heavy (non-hydrogen) atoms. The van der Waals surface area contributed by atoms with Crippen molar-refractivity contribution in [1.29, 1.82) is 0 Å². The molecule has 7 nitrogen and oxygen atoms in total. The Morgan fingerprint density at radius 1 is 1.12 bits per heavy atom. The van der Waals surface area contributed by atoms with Crippen LogP contribution in [0.15, 0.2) is 43.0 Å². The molecule has 0 saturated carbocycles. The number of benzene rings is 1. The van der Waals surface area contributed by atoms with Crippen molar-refractivity contribution in [1.82, 2.24) is 34.9 Å². The Bertz CT molecular complexity index is 1420. The van der Waals surface area contributed by atoms with E-state index in [4.69, 9.17) is 4.98 Å². The van der Waals surface area contributed by atoms with Gasteiger partial charge in [-0.25, -0.2) is 0 Å². The van der Waals surface area contributed by atoms with Crippen LogP contribution in [0.5, 0.6) is 0 Å². The summed E-state index contributed by atoms with van der Waals surface area (Å²) >= 11 is -0.144. The molecule has 174 valence electrons. The average molecular weight is 572 g/mol. The SMILES string of the molecule is Cc1ncn(-c2cncc([C@]34C[I-]C[C@H](c5cc(-c6c(F)cccc6F)nnc53)C4(C)C)n2)n1. The molecule has 6 rings (SSSR count). The first-order chi connectivity index (χ1) is 16.3. The molecule has 0 amide bonds. The molecule has 0 radical (unpaired) electrons. The number of nitrogens with zero attached hydrogens (tertiary/aromatic N) is 7. The number of rotatable bonds is 3. The van der Waals surface area contributed by atoms with Crippen molar-refractivity contribution in [3.63, 3.8) is 0 Å². The first kappa shape index (κ1) is 21.6. The van der Waals surface area contributed by atoms with Crippen molar-refractivity contribution < 1.29 is 30.0 Å². The van der Waals surface area contributed by atoms with Crippen molar-refractivity contribution in [3.8, 4) is 17.1 Å². The van der Waals surface area contributed by atoms with Gasteiger partial charge in [-0.1, -0.05) is 0 Å². The van der Waals surface area contributed by atoms with Crippen LogP contribution >= 0.6 is 0 Å². The summed E-state index contributed by atoms with van der Waals surface area (Å²) < 4.78 is 32.7. The Morgan fingerprint density at radius 2 is 1.91 bits per heavy atom. The third-order valence-corrected chi connectivity index (χ3v) is 10.4. The van der Waals surface area contributed by atoms with E-state index in [0.29, 0.717) is 11.6 Å². The van der Waals surface area contributed by atoms with E-state index >= 15 is 0 Å². The number of hydrogen-bond acceptors (Lipinski definition) is 6. The van der Waals surface area contributed by atoms with Crippen LogP contribution in [0.4, 0.5) is 8.78 Å². The Labute approximate surface area is 205 Å². The van der Waals surface area contributed by atoms with Gasteiger partial charge in [-0.05, 0) is 0 Å². The third-order valence-electron chi connectivity index (χ3n) is 7.25. The Morgan fingerprint density at radius 3 is 2.65 bits per heavy atom. The normalized spacial score (nSPS) is 22.8. The molecule has 1 aliphatic heterocycles. The summed E-state index contributed by atoms with van der Waals surface area (Å²) in [6.45, 7) is 6.30. The fourth-order valence-corrected chi connectivity index (χ4v) is 10.4. The quantitative estimate of drug-likeness (QED) is 0.265. The van der Waals surface area contributed by atoms with Crippen LogP contribution in [-0.2, 0) is 5.41 Å². The molecule has 1 aromatic carbocycles. The molecule has 0 N–H and O–H groups in total. The molecule has 2 atom stereocenters. The average Bonchev–Trinajstić information content (AvgIpc) is 3.25. The van der Waals surface area contributed by atoms with E-state index in [0.717, 1.165) is 25.8 Å². The van der Waals surface area contributed by atoms with E-state index in [2.05, 4.69) is 39.1 Å². The summed E-state index contributed by atoms with van der Waals surface area (Å²) in [6.07, 6.45) is 5.10. The predicted octanol–water partition coefficient (Wildman–Crippen LogP) is 0.613. The molecular weight excluding hydrogens is 551 g/mol. The molecule has 1 fully saturated rings. The van der Waals surface area contributed by atoms with Crippen LogP contribution < -0.4 is 21.2 Å². The molecule has 4 heterocycles. The van der Waals surface area contributed by atoms with Crippen LogP contribution in [0.2, 0.25) is 0 Å². The van der Waals surface area contributed by atoms with Gasteiger partial charge < -0.3 is 0 Å². The molecule has 0 unspecified atom stereocenters. The van der Waals surface area contributed by atoms with Gasteiger partial charge in [0.25, 0.3) is 0 Å². The first-order valence-electron chi connectivity index (χ1n) is 10.9. The van der Waals surface area contributed by atoms with E-state index in [1.165, 1.54) is 18.2 Å². The molecular formula is C24H21F2IN7-. The summed E-state index contributed by atoms with van der Waals surface area (Å²) in [5.41, 5.74) is 2.08. The van der Waals surface area contributed by atoms with Gasteiger partial charge in [0.05, 0.1) is 0 Å². The van der Waals surface area contributed by atoms with E-state index < -0.39 is 17.0 Å². The Hall–Kier alpha value is -2.89. The molecule has 10 heteroatoms. The monoisotopic (exact) mass is 572 g/mol. The Balaban J connectivity index is 1.55. The number of aryl methyl sites for hydroxylation is 1. The molecule has 1 aliphatic carbocycles. The van der Waals surface area contributed by atoms with Gasteiger partial charge in [0, 0.05) is 0 Å². The van der Waals surface area contributed by atoms with Crippen molar-refractivity contribution in [3.05, 3.63) is 77.4 Å². The summed E-state index contributed by atoms with van der Waals surface area (Å²) in [5.74, 6) is 0.165. The molecule has 3 aromatic heterocycles. The summed E-state index contributed by atoms with van der Waals surface area (Å²) in [4.78, 5) is 13.7. The summed E-state index contributed by atoms with van der Waals surface area (Å²) in [6, 6.07) is 5.68. The number of alkyl halides is 2. The van der Waals surface area contributed by atoms with Crippen LogP contribution in [0.3, 0.4) is 0 Å². The number of aromatic nitrogens is 7. The van der Waals surface area contributed by atoms with Crippen molar-refractivity contribution in [2.75, 3.05) is 8.86 Å². The second-order valence-electron chi connectivity index (χ2n) is 9.29. The number of halogens is 3. The van der Waals surface area contributed by atoms with Gasteiger partial charge in [0.2, 0.25) is 0 Å². The topological polar surface area (TPSA) is 82.3 Å².